The first-order chi connectivity index (χ1) is 19.0. The van der Waals surface area contributed by atoms with Gasteiger partial charge in [-0.15, -0.1) is 0 Å². The van der Waals surface area contributed by atoms with E-state index in [0.29, 0.717) is 30.9 Å². The number of alkyl halides is 2. The summed E-state index contributed by atoms with van der Waals surface area (Å²) < 4.78 is 57.6. The second-order valence-electron chi connectivity index (χ2n) is 9.84. The number of halogens is 2. The van der Waals surface area contributed by atoms with Crippen LogP contribution in [0, 0.1) is 0 Å². The summed E-state index contributed by atoms with van der Waals surface area (Å²) >= 11 is 0. The lowest BCUT2D eigenvalue weighted by Gasteiger charge is -2.26. The molecule has 0 fully saturated rings. The zero-order valence-electron chi connectivity index (χ0n) is 22.5. The summed E-state index contributed by atoms with van der Waals surface area (Å²) in [5.41, 5.74) is 1.72. The van der Waals surface area contributed by atoms with E-state index in [4.69, 9.17) is 5.11 Å². The first-order valence-corrected chi connectivity index (χ1v) is 14.2. The zero-order valence-corrected chi connectivity index (χ0v) is 23.3. The van der Waals surface area contributed by atoms with E-state index in [1.807, 2.05) is 38.1 Å². The summed E-state index contributed by atoms with van der Waals surface area (Å²) in [5.74, 6) is -0.364. The van der Waals surface area contributed by atoms with Crippen molar-refractivity contribution in [2.75, 3.05) is 18.5 Å². The van der Waals surface area contributed by atoms with Crippen molar-refractivity contribution in [3.63, 3.8) is 0 Å². The van der Waals surface area contributed by atoms with Crippen molar-refractivity contribution in [2.45, 2.75) is 63.3 Å². The van der Waals surface area contributed by atoms with Gasteiger partial charge >= 0.3 is 12.6 Å². The standard InChI is InChI=1S/C28H34F2N4O5S/c1-28(2,15-18-39-27(29)30)22-13-11-21(12-14-22)19-34(40(37,38)25-9-3-4-16-32-25)20-23-7-5-8-24(33-23)31-17-6-10-26(35)36/h3-5,7-9,11-14,16,27H,6,10,15,17-20H2,1-2H3,(H,31,33)(H,35,36). The van der Waals surface area contributed by atoms with Gasteiger partial charge in [-0.25, -0.2) is 18.4 Å². The first kappa shape index (κ1) is 31.1. The van der Waals surface area contributed by atoms with Gasteiger partial charge in [-0.1, -0.05) is 50.2 Å². The minimum Gasteiger partial charge on any atom is -0.481 e. The van der Waals surface area contributed by atoms with Gasteiger partial charge in [-0.05, 0) is 53.6 Å². The van der Waals surface area contributed by atoms with Gasteiger partial charge < -0.3 is 15.2 Å². The highest BCUT2D eigenvalue weighted by molar-refractivity contribution is 7.89. The number of rotatable bonds is 16. The van der Waals surface area contributed by atoms with Crippen LogP contribution >= 0.6 is 0 Å². The van der Waals surface area contributed by atoms with Crippen molar-refractivity contribution in [1.82, 2.24) is 14.3 Å². The molecule has 0 aliphatic carbocycles. The summed E-state index contributed by atoms with van der Waals surface area (Å²) in [6, 6.07) is 17.2. The number of carbonyl (C=O) groups is 1. The van der Waals surface area contributed by atoms with E-state index >= 15 is 0 Å². The van der Waals surface area contributed by atoms with Crippen LogP contribution in [0.1, 0.15) is 49.9 Å². The number of nitrogens with one attached hydrogen (secondary N) is 1. The van der Waals surface area contributed by atoms with Crippen LogP contribution < -0.4 is 5.32 Å². The van der Waals surface area contributed by atoms with Crippen LogP contribution in [-0.2, 0) is 38.1 Å². The zero-order chi connectivity index (χ0) is 29.2. The Kier molecular flexibility index (Phi) is 11.1. The van der Waals surface area contributed by atoms with Gasteiger partial charge in [-0.2, -0.15) is 13.1 Å². The fraction of sp³-hybridized carbons (Fsp3) is 0.393. The van der Waals surface area contributed by atoms with E-state index in [1.165, 1.54) is 16.6 Å². The minimum absolute atomic E-state index is 0.0260. The highest BCUT2D eigenvalue weighted by Gasteiger charge is 2.27. The normalized spacial score (nSPS) is 12.2. The van der Waals surface area contributed by atoms with E-state index in [0.717, 1.165) is 11.1 Å². The molecule has 12 heteroatoms. The van der Waals surface area contributed by atoms with Crippen LogP contribution in [0.3, 0.4) is 0 Å². The molecule has 2 aromatic heterocycles. The molecule has 0 saturated carbocycles. The van der Waals surface area contributed by atoms with E-state index in [9.17, 15) is 22.0 Å². The SMILES string of the molecule is CC(C)(CCOC(F)F)c1ccc(CN(Cc2cccc(NCCCC(=O)O)n2)S(=O)(=O)c2ccccn2)cc1. The third-order valence-electron chi connectivity index (χ3n) is 6.33. The molecule has 1 aromatic carbocycles. The van der Waals surface area contributed by atoms with Crippen molar-refractivity contribution in [3.8, 4) is 0 Å². The van der Waals surface area contributed by atoms with Gasteiger partial charge in [0.1, 0.15) is 5.82 Å². The third-order valence-corrected chi connectivity index (χ3v) is 8.03. The Hall–Kier alpha value is -3.48. The maximum Gasteiger partial charge on any atom is 0.345 e. The molecule has 0 unspecified atom stereocenters. The number of hydrogen-bond acceptors (Lipinski definition) is 7. The summed E-state index contributed by atoms with van der Waals surface area (Å²) in [5, 5.41) is 11.8. The number of carboxylic acids is 1. The number of sulfonamides is 1. The predicted octanol–water partition coefficient (Wildman–Crippen LogP) is 5.05. The van der Waals surface area contributed by atoms with Crippen molar-refractivity contribution in [3.05, 3.63) is 83.7 Å². The number of ether oxygens (including phenoxy) is 1. The van der Waals surface area contributed by atoms with Crippen molar-refractivity contribution >= 4 is 21.8 Å². The number of aliphatic carboxylic acids is 1. The van der Waals surface area contributed by atoms with Crippen molar-refractivity contribution < 1.29 is 31.8 Å². The molecule has 2 N–H and O–H groups in total. The number of aromatic nitrogens is 2. The van der Waals surface area contributed by atoms with E-state index in [2.05, 4.69) is 20.0 Å². The topological polar surface area (TPSA) is 122 Å². The minimum atomic E-state index is -3.99. The first-order valence-electron chi connectivity index (χ1n) is 12.8. The Labute approximate surface area is 233 Å². The highest BCUT2D eigenvalue weighted by Crippen LogP contribution is 2.28. The van der Waals surface area contributed by atoms with E-state index in [1.54, 1.807) is 30.3 Å². The second kappa shape index (κ2) is 14.2. The fourth-order valence-corrected chi connectivity index (χ4v) is 5.30. The lowest BCUT2D eigenvalue weighted by Crippen LogP contribution is -2.31. The molecule has 40 heavy (non-hydrogen) atoms. The van der Waals surface area contributed by atoms with Gasteiger partial charge in [0.05, 0.1) is 18.8 Å². The molecule has 2 heterocycles. The molecule has 0 radical (unpaired) electrons. The Morgan fingerprint density at radius 3 is 2.48 bits per heavy atom. The quantitative estimate of drug-likeness (QED) is 0.227. The van der Waals surface area contributed by atoms with E-state index in [-0.39, 0.29) is 31.1 Å². The Morgan fingerprint density at radius 2 is 1.82 bits per heavy atom. The third kappa shape index (κ3) is 9.32. The lowest BCUT2D eigenvalue weighted by atomic mass is 9.81. The maximum absolute atomic E-state index is 13.6. The van der Waals surface area contributed by atoms with Crippen LogP contribution in [-0.4, -0.2) is 53.5 Å². The lowest BCUT2D eigenvalue weighted by molar-refractivity contribution is -0.137. The van der Waals surface area contributed by atoms with Gasteiger partial charge in [0.25, 0.3) is 10.0 Å². The average molecular weight is 577 g/mol. The van der Waals surface area contributed by atoms with Crippen LogP contribution in [0.25, 0.3) is 0 Å². The summed E-state index contributed by atoms with van der Waals surface area (Å²) in [4.78, 5) is 19.3. The largest absolute Gasteiger partial charge is 0.481 e. The molecule has 216 valence electrons. The van der Waals surface area contributed by atoms with Crippen LogP contribution in [0.2, 0.25) is 0 Å². The number of anilines is 1. The molecular formula is C28H34F2N4O5S. The smallest absolute Gasteiger partial charge is 0.345 e. The Bertz CT molecular complexity index is 1340. The highest BCUT2D eigenvalue weighted by atomic mass is 32.2. The predicted molar refractivity (Wildman–Crippen MR) is 146 cm³/mol. The fourth-order valence-electron chi connectivity index (χ4n) is 3.97. The van der Waals surface area contributed by atoms with Gasteiger partial charge in [0.15, 0.2) is 5.03 Å². The number of nitrogens with zero attached hydrogens (tertiary/aromatic N) is 3. The second-order valence-corrected chi connectivity index (χ2v) is 11.7. The van der Waals surface area contributed by atoms with Gasteiger partial charge in [0.2, 0.25) is 0 Å². The number of benzene rings is 1. The number of carboxylic acid groups (broad SMARTS) is 1. The molecule has 0 saturated heterocycles. The van der Waals surface area contributed by atoms with Crippen LogP contribution in [0.15, 0.2) is 71.9 Å². The summed E-state index contributed by atoms with van der Waals surface area (Å²) in [7, 11) is -3.99. The van der Waals surface area contributed by atoms with Gasteiger partial charge in [-0.3, -0.25) is 4.79 Å². The average Bonchev–Trinajstić information content (AvgIpc) is 2.91. The Morgan fingerprint density at radius 1 is 1.07 bits per heavy atom. The van der Waals surface area contributed by atoms with Crippen LogP contribution in [0.5, 0.6) is 0 Å². The molecular weight excluding hydrogens is 542 g/mol. The maximum atomic E-state index is 13.6. The summed E-state index contributed by atoms with van der Waals surface area (Å²) in [6.45, 7) is 1.41. The molecule has 3 rings (SSSR count). The monoisotopic (exact) mass is 576 g/mol. The molecule has 0 aliphatic heterocycles. The molecule has 0 spiro atoms. The molecule has 0 aliphatic rings. The van der Waals surface area contributed by atoms with E-state index < -0.39 is 28.0 Å². The number of hydrogen-bond donors (Lipinski definition) is 2. The number of pyridine rings is 2. The summed E-state index contributed by atoms with van der Waals surface area (Å²) in [6.07, 6.45) is 2.26. The molecule has 0 bridgehead atoms. The van der Waals surface area contributed by atoms with Crippen molar-refractivity contribution in [1.29, 1.82) is 0 Å². The van der Waals surface area contributed by atoms with Gasteiger partial charge in [0, 0.05) is 25.7 Å². The Balaban J connectivity index is 1.80. The van der Waals surface area contributed by atoms with Crippen molar-refractivity contribution in [2.24, 2.45) is 0 Å². The molecule has 9 nitrogen and oxygen atoms in total. The van der Waals surface area contributed by atoms with Crippen LogP contribution in [0.4, 0.5) is 14.6 Å². The molecule has 3 aromatic rings. The molecule has 0 amide bonds. The molecule has 0 atom stereocenters.